The lowest BCUT2D eigenvalue weighted by Crippen LogP contribution is -2.12. The summed E-state index contributed by atoms with van der Waals surface area (Å²) in [5.41, 5.74) is 5.30. The van der Waals surface area contributed by atoms with Crippen LogP contribution >= 0.6 is 0 Å². The standard InChI is InChI=1S/C20H12FN3O/c21-9-5-6-14-11(7-9)16-17-12(8-22-20(17)25)15-10-3-1-2-4-13(10)23-18(15)19(16)24-14/h1-7,23-24H,8H2,(H,22,25). The van der Waals surface area contributed by atoms with E-state index in [0.717, 1.165) is 49.2 Å². The van der Waals surface area contributed by atoms with Gasteiger partial charge in [0.25, 0.3) is 5.91 Å². The fourth-order valence-electron chi connectivity index (χ4n) is 4.21. The summed E-state index contributed by atoms with van der Waals surface area (Å²) >= 11 is 0. The first-order valence-electron chi connectivity index (χ1n) is 8.17. The predicted molar refractivity (Wildman–Crippen MR) is 96.3 cm³/mol. The summed E-state index contributed by atoms with van der Waals surface area (Å²) in [4.78, 5) is 19.4. The van der Waals surface area contributed by atoms with E-state index in [1.54, 1.807) is 6.07 Å². The topological polar surface area (TPSA) is 60.7 Å². The van der Waals surface area contributed by atoms with E-state index in [-0.39, 0.29) is 11.7 Å². The number of aromatic nitrogens is 2. The quantitative estimate of drug-likeness (QED) is 0.389. The van der Waals surface area contributed by atoms with Crippen molar-refractivity contribution in [1.82, 2.24) is 15.3 Å². The van der Waals surface area contributed by atoms with Crippen molar-refractivity contribution < 1.29 is 9.18 Å². The highest BCUT2D eigenvalue weighted by atomic mass is 19.1. The smallest absolute Gasteiger partial charge is 0.252 e. The number of amides is 1. The SMILES string of the molecule is O=C1NCc2c1c1c3cc(F)ccc3[nH]c1c1[nH]c3ccccc3c21. The molecule has 1 aliphatic rings. The van der Waals surface area contributed by atoms with E-state index in [4.69, 9.17) is 0 Å². The lowest BCUT2D eigenvalue weighted by molar-refractivity contribution is 0.0967. The molecule has 0 atom stereocenters. The highest BCUT2D eigenvalue weighted by Gasteiger charge is 2.29. The van der Waals surface area contributed by atoms with Gasteiger partial charge in [-0.1, -0.05) is 18.2 Å². The number of hydrogen-bond donors (Lipinski definition) is 3. The molecule has 0 bridgehead atoms. The van der Waals surface area contributed by atoms with Gasteiger partial charge >= 0.3 is 0 Å². The van der Waals surface area contributed by atoms with Crippen molar-refractivity contribution in [2.45, 2.75) is 6.54 Å². The molecule has 1 aliphatic heterocycles. The number of rotatable bonds is 0. The molecule has 120 valence electrons. The molecule has 5 aromatic rings. The van der Waals surface area contributed by atoms with Crippen molar-refractivity contribution in [3.8, 4) is 0 Å². The number of carbonyl (C=O) groups excluding carboxylic acids is 1. The Morgan fingerprint density at radius 3 is 2.52 bits per heavy atom. The third-order valence-electron chi connectivity index (χ3n) is 5.22. The normalized spacial score (nSPS) is 14.0. The van der Waals surface area contributed by atoms with Gasteiger partial charge in [-0.05, 0) is 29.8 Å². The Bertz CT molecular complexity index is 1380. The second-order valence-corrected chi connectivity index (χ2v) is 6.52. The molecule has 6 rings (SSSR count). The fraction of sp³-hybridized carbons (Fsp3) is 0.0500. The molecule has 2 aromatic heterocycles. The first-order chi connectivity index (χ1) is 12.2. The molecule has 0 saturated carbocycles. The fourth-order valence-corrected chi connectivity index (χ4v) is 4.21. The molecule has 0 saturated heterocycles. The van der Waals surface area contributed by atoms with Gasteiger partial charge in [-0.2, -0.15) is 0 Å². The summed E-state index contributed by atoms with van der Waals surface area (Å²) in [7, 11) is 0. The Balaban J connectivity index is 1.99. The Kier molecular flexibility index (Phi) is 2.18. The van der Waals surface area contributed by atoms with Crippen molar-refractivity contribution >= 4 is 49.5 Å². The molecule has 0 fully saturated rings. The average Bonchev–Trinajstić information content (AvgIpc) is 3.27. The number of nitrogens with one attached hydrogen (secondary N) is 3. The number of benzene rings is 3. The molecule has 1 amide bonds. The molecule has 5 heteroatoms. The van der Waals surface area contributed by atoms with Crippen LogP contribution in [-0.2, 0) is 6.54 Å². The van der Waals surface area contributed by atoms with Crippen molar-refractivity contribution in [3.05, 3.63) is 59.4 Å². The third-order valence-corrected chi connectivity index (χ3v) is 5.22. The van der Waals surface area contributed by atoms with Gasteiger partial charge in [0.05, 0.1) is 16.6 Å². The summed E-state index contributed by atoms with van der Waals surface area (Å²) < 4.78 is 13.9. The zero-order chi connectivity index (χ0) is 16.7. The van der Waals surface area contributed by atoms with Crippen LogP contribution < -0.4 is 5.32 Å². The van der Waals surface area contributed by atoms with E-state index >= 15 is 0 Å². The molecule has 0 radical (unpaired) electrons. The van der Waals surface area contributed by atoms with Crippen molar-refractivity contribution in [2.75, 3.05) is 0 Å². The minimum Gasteiger partial charge on any atom is -0.353 e. The monoisotopic (exact) mass is 329 g/mol. The van der Waals surface area contributed by atoms with Crippen molar-refractivity contribution in [1.29, 1.82) is 0 Å². The second-order valence-electron chi connectivity index (χ2n) is 6.52. The van der Waals surface area contributed by atoms with Gasteiger partial charge in [-0.25, -0.2) is 4.39 Å². The van der Waals surface area contributed by atoms with Gasteiger partial charge in [-0.15, -0.1) is 0 Å². The minimum atomic E-state index is -0.308. The largest absolute Gasteiger partial charge is 0.353 e. The lowest BCUT2D eigenvalue weighted by atomic mass is 9.97. The van der Waals surface area contributed by atoms with Crippen LogP contribution in [0.25, 0.3) is 43.6 Å². The molecule has 0 spiro atoms. The van der Waals surface area contributed by atoms with E-state index in [1.807, 2.05) is 18.2 Å². The first kappa shape index (κ1) is 13.0. The van der Waals surface area contributed by atoms with Gasteiger partial charge < -0.3 is 15.3 Å². The Hall–Kier alpha value is -3.34. The van der Waals surface area contributed by atoms with Crippen LogP contribution in [0.1, 0.15) is 15.9 Å². The highest BCUT2D eigenvalue weighted by molar-refractivity contribution is 6.30. The van der Waals surface area contributed by atoms with E-state index in [2.05, 4.69) is 21.4 Å². The van der Waals surface area contributed by atoms with E-state index < -0.39 is 0 Å². The van der Waals surface area contributed by atoms with Gasteiger partial charge in [-0.3, -0.25) is 4.79 Å². The van der Waals surface area contributed by atoms with Crippen molar-refractivity contribution in [2.24, 2.45) is 0 Å². The van der Waals surface area contributed by atoms with Crippen LogP contribution in [0.4, 0.5) is 4.39 Å². The van der Waals surface area contributed by atoms with Crippen LogP contribution in [0.15, 0.2) is 42.5 Å². The minimum absolute atomic E-state index is 0.0997. The Morgan fingerprint density at radius 1 is 0.880 bits per heavy atom. The molecule has 0 unspecified atom stereocenters. The van der Waals surface area contributed by atoms with Gasteiger partial charge in [0.2, 0.25) is 0 Å². The number of halogens is 1. The van der Waals surface area contributed by atoms with Crippen LogP contribution in [0, 0.1) is 5.82 Å². The number of fused-ring (bicyclic) bond motifs is 10. The summed E-state index contributed by atoms with van der Waals surface area (Å²) in [6.07, 6.45) is 0. The van der Waals surface area contributed by atoms with Gasteiger partial charge in [0.15, 0.2) is 0 Å². The highest BCUT2D eigenvalue weighted by Crippen LogP contribution is 2.41. The number of carbonyl (C=O) groups is 1. The Labute approximate surface area is 140 Å². The van der Waals surface area contributed by atoms with Crippen LogP contribution in [0.5, 0.6) is 0 Å². The van der Waals surface area contributed by atoms with Crippen LogP contribution in [0.2, 0.25) is 0 Å². The molecule has 0 aliphatic carbocycles. The zero-order valence-corrected chi connectivity index (χ0v) is 13.0. The molecular formula is C20H12FN3O. The maximum atomic E-state index is 13.9. The van der Waals surface area contributed by atoms with Crippen LogP contribution in [0.3, 0.4) is 0 Å². The third kappa shape index (κ3) is 1.48. The second kappa shape index (κ2) is 4.19. The summed E-state index contributed by atoms with van der Waals surface area (Å²) in [5, 5.41) is 6.62. The molecule has 4 nitrogen and oxygen atoms in total. The molecule has 3 heterocycles. The number of H-pyrrole nitrogens is 2. The number of aromatic amines is 2. The van der Waals surface area contributed by atoms with E-state index in [1.165, 1.54) is 12.1 Å². The van der Waals surface area contributed by atoms with Crippen molar-refractivity contribution in [3.63, 3.8) is 0 Å². The van der Waals surface area contributed by atoms with E-state index in [0.29, 0.717) is 12.1 Å². The zero-order valence-electron chi connectivity index (χ0n) is 13.0. The molecule has 25 heavy (non-hydrogen) atoms. The summed E-state index contributed by atoms with van der Waals surface area (Å²) in [6, 6.07) is 12.7. The average molecular weight is 329 g/mol. The van der Waals surface area contributed by atoms with E-state index in [9.17, 15) is 9.18 Å². The maximum absolute atomic E-state index is 13.9. The molecule has 3 N–H and O–H groups in total. The Morgan fingerprint density at radius 2 is 1.64 bits per heavy atom. The first-order valence-corrected chi connectivity index (χ1v) is 8.17. The molecule has 3 aromatic carbocycles. The van der Waals surface area contributed by atoms with Crippen LogP contribution in [-0.4, -0.2) is 15.9 Å². The van der Waals surface area contributed by atoms with Gasteiger partial charge in [0.1, 0.15) is 5.82 Å². The number of hydrogen-bond acceptors (Lipinski definition) is 1. The molecular weight excluding hydrogens is 317 g/mol. The van der Waals surface area contributed by atoms with Gasteiger partial charge in [0, 0.05) is 39.1 Å². The predicted octanol–water partition coefficient (Wildman–Crippen LogP) is 4.34. The maximum Gasteiger partial charge on any atom is 0.252 e. The summed E-state index contributed by atoms with van der Waals surface area (Å²) in [6.45, 7) is 0.491. The lowest BCUT2D eigenvalue weighted by Gasteiger charge is -2.03. The number of para-hydroxylation sites is 1. The summed E-state index contributed by atoms with van der Waals surface area (Å²) in [5.74, 6) is -0.408.